The summed E-state index contributed by atoms with van der Waals surface area (Å²) in [5.41, 5.74) is -1.43. The normalized spacial score (nSPS) is 23.1. The van der Waals surface area contributed by atoms with Crippen LogP contribution >= 0.6 is 0 Å². The van der Waals surface area contributed by atoms with E-state index in [1.54, 1.807) is 41.5 Å². The van der Waals surface area contributed by atoms with Gasteiger partial charge in [0, 0.05) is 10.8 Å². The van der Waals surface area contributed by atoms with E-state index in [0.29, 0.717) is 12.8 Å². The Labute approximate surface area is 133 Å². The van der Waals surface area contributed by atoms with Gasteiger partial charge in [-0.3, -0.25) is 20.0 Å². The molecule has 0 heterocycles. The van der Waals surface area contributed by atoms with Crippen LogP contribution in [0.15, 0.2) is 0 Å². The van der Waals surface area contributed by atoms with Crippen molar-refractivity contribution >= 4 is 11.8 Å². The fourth-order valence-corrected chi connectivity index (χ4v) is 2.65. The molecule has 0 aromatic carbocycles. The maximum absolute atomic E-state index is 12.3. The number of amides is 2. The Morgan fingerprint density at radius 2 is 1.05 bits per heavy atom. The minimum Gasteiger partial charge on any atom is -0.286 e. The number of carbonyl (C=O) groups is 2. The smallest absolute Gasteiger partial charge is 0.251 e. The molecule has 1 fully saturated rings. The Balaban J connectivity index is 2.97. The van der Waals surface area contributed by atoms with E-state index in [-0.39, 0.29) is 0 Å². The monoisotopic (exact) mass is 314 g/mol. The first-order valence-corrected chi connectivity index (χ1v) is 7.92. The van der Waals surface area contributed by atoms with Crippen molar-refractivity contribution in [3.63, 3.8) is 0 Å². The number of hydroxylamine groups is 4. The zero-order chi connectivity index (χ0) is 17.3. The Morgan fingerprint density at radius 1 is 0.773 bits per heavy atom. The van der Waals surface area contributed by atoms with Crippen LogP contribution in [0.5, 0.6) is 0 Å². The number of hydrogen-bond acceptors (Lipinski definition) is 4. The van der Waals surface area contributed by atoms with Gasteiger partial charge >= 0.3 is 0 Å². The predicted molar refractivity (Wildman–Crippen MR) is 82.2 cm³/mol. The van der Waals surface area contributed by atoms with Crippen molar-refractivity contribution in [2.75, 3.05) is 0 Å². The molecule has 0 spiro atoms. The summed E-state index contributed by atoms with van der Waals surface area (Å²) < 4.78 is 0. The quantitative estimate of drug-likeness (QED) is 0.606. The van der Waals surface area contributed by atoms with Gasteiger partial charge in [-0.25, -0.2) is 10.1 Å². The van der Waals surface area contributed by atoms with Gasteiger partial charge in [0.15, 0.2) is 0 Å². The molecule has 0 unspecified atom stereocenters. The van der Waals surface area contributed by atoms with E-state index in [2.05, 4.69) is 0 Å². The van der Waals surface area contributed by atoms with Crippen molar-refractivity contribution in [1.29, 1.82) is 0 Å². The van der Waals surface area contributed by atoms with E-state index in [1.165, 1.54) is 0 Å². The highest BCUT2D eigenvalue weighted by Crippen LogP contribution is 2.30. The van der Waals surface area contributed by atoms with Crippen molar-refractivity contribution in [3.05, 3.63) is 0 Å². The molecule has 2 atom stereocenters. The third kappa shape index (κ3) is 4.20. The molecule has 1 saturated carbocycles. The zero-order valence-electron chi connectivity index (χ0n) is 14.6. The van der Waals surface area contributed by atoms with Crippen LogP contribution in [-0.2, 0) is 9.59 Å². The third-order valence-electron chi connectivity index (χ3n) is 4.02. The number of nitrogens with zero attached hydrogens (tertiary/aromatic N) is 2. The van der Waals surface area contributed by atoms with Crippen LogP contribution in [0.25, 0.3) is 0 Å². The molecule has 1 aliphatic carbocycles. The average molecular weight is 314 g/mol. The van der Waals surface area contributed by atoms with Crippen LogP contribution in [-0.4, -0.2) is 44.4 Å². The van der Waals surface area contributed by atoms with Gasteiger partial charge in [0.2, 0.25) is 0 Å². The standard InChI is InChI=1S/C16H30N2O4/c1-15(2,3)13(19)17(21)11-9-7-8-10-12(11)18(22)14(20)16(4,5)6/h11-12,21-22H,7-10H2,1-6H3/t11-,12-/m1/s1. The fourth-order valence-electron chi connectivity index (χ4n) is 2.65. The minimum atomic E-state index is -0.717. The second kappa shape index (κ2) is 6.54. The molecule has 0 bridgehead atoms. The first-order chi connectivity index (χ1) is 9.87. The molecule has 128 valence electrons. The molecule has 6 heteroatoms. The van der Waals surface area contributed by atoms with Crippen molar-refractivity contribution in [2.24, 2.45) is 10.8 Å². The lowest BCUT2D eigenvalue weighted by Gasteiger charge is -2.42. The lowest BCUT2D eigenvalue weighted by atomic mass is 9.86. The van der Waals surface area contributed by atoms with Gasteiger partial charge in [0.25, 0.3) is 11.8 Å². The maximum Gasteiger partial charge on any atom is 0.251 e. The molecule has 0 aromatic rings. The van der Waals surface area contributed by atoms with Crippen LogP contribution in [0.1, 0.15) is 67.2 Å². The van der Waals surface area contributed by atoms with E-state index in [9.17, 15) is 20.0 Å². The number of carbonyl (C=O) groups excluding carboxylic acids is 2. The highest BCUT2D eigenvalue weighted by atomic mass is 16.5. The van der Waals surface area contributed by atoms with Gasteiger partial charge in [-0.2, -0.15) is 0 Å². The molecule has 1 rings (SSSR count). The molecule has 22 heavy (non-hydrogen) atoms. The van der Waals surface area contributed by atoms with E-state index >= 15 is 0 Å². The van der Waals surface area contributed by atoms with Crippen LogP contribution < -0.4 is 0 Å². The van der Waals surface area contributed by atoms with Crippen molar-refractivity contribution < 1.29 is 20.0 Å². The molecule has 0 aliphatic heterocycles. The molecule has 0 saturated heterocycles. The van der Waals surface area contributed by atoms with Gasteiger partial charge < -0.3 is 0 Å². The summed E-state index contributed by atoms with van der Waals surface area (Å²) in [6.07, 6.45) is 2.84. The summed E-state index contributed by atoms with van der Waals surface area (Å²) in [6, 6.07) is -1.14. The van der Waals surface area contributed by atoms with Crippen molar-refractivity contribution in [1.82, 2.24) is 10.1 Å². The molecular weight excluding hydrogens is 284 g/mol. The Hall–Kier alpha value is -1.14. The fraction of sp³-hybridized carbons (Fsp3) is 0.875. The molecule has 0 aromatic heterocycles. The SMILES string of the molecule is CC(C)(C)C(=O)N(O)[C@@H]1CCCC[C@H]1N(O)C(=O)C(C)(C)C. The summed E-state index contributed by atoms with van der Waals surface area (Å²) in [7, 11) is 0. The zero-order valence-corrected chi connectivity index (χ0v) is 14.6. The van der Waals surface area contributed by atoms with Crippen molar-refractivity contribution in [3.8, 4) is 0 Å². The molecule has 1 aliphatic rings. The van der Waals surface area contributed by atoms with Gasteiger partial charge in [0.05, 0.1) is 12.1 Å². The van der Waals surface area contributed by atoms with Gasteiger partial charge in [-0.1, -0.05) is 54.4 Å². The van der Waals surface area contributed by atoms with Gasteiger partial charge in [-0.05, 0) is 12.8 Å². The van der Waals surface area contributed by atoms with E-state index in [4.69, 9.17) is 0 Å². The topological polar surface area (TPSA) is 81.1 Å². The summed E-state index contributed by atoms with van der Waals surface area (Å²) >= 11 is 0. The van der Waals surface area contributed by atoms with Crippen molar-refractivity contribution in [2.45, 2.75) is 79.3 Å². The first-order valence-electron chi connectivity index (χ1n) is 7.92. The highest BCUT2D eigenvalue weighted by Gasteiger charge is 2.42. The van der Waals surface area contributed by atoms with E-state index in [1.807, 2.05) is 0 Å². The molecule has 6 nitrogen and oxygen atoms in total. The lowest BCUT2D eigenvalue weighted by Crippen LogP contribution is -2.57. The minimum absolute atomic E-state index is 0.402. The van der Waals surface area contributed by atoms with Crippen LogP contribution in [0.3, 0.4) is 0 Å². The molecule has 0 radical (unpaired) electrons. The first kappa shape index (κ1) is 18.9. The number of hydrogen-bond donors (Lipinski definition) is 2. The number of rotatable bonds is 2. The largest absolute Gasteiger partial charge is 0.286 e. The Kier molecular flexibility index (Phi) is 5.62. The maximum atomic E-state index is 12.3. The summed E-state index contributed by atoms with van der Waals surface area (Å²) in [6.45, 7) is 10.4. The lowest BCUT2D eigenvalue weighted by molar-refractivity contribution is -0.221. The van der Waals surface area contributed by atoms with E-state index in [0.717, 1.165) is 23.0 Å². The third-order valence-corrected chi connectivity index (χ3v) is 4.02. The van der Waals surface area contributed by atoms with Gasteiger partial charge in [-0.15, -0.1) is 0 Å². The van der Waals surface area contributed by atoms with Crippen LogP contribution in [0, 0.1) is 10.8 Å². The second-order valence-electron chi connectivity index (χ2n) is 8.22. The predicted octanol–water partition coefficient (Wildman–Crippen LogP) is 2.83. The molecular formula is C16H30N2O4. The van der Waals surface area contributed by atoms with Crippen LogP contribution in [0.2, 0.25) is 0 Å². The average Bonchev–Trinajstić information content (AvgIpc) is 2.42. The highest BCUT2D eigenvalue weighted by molar-refractivity contribution is 5.82. The van der Waals surface area contributed by atoms with Crippen LogP contribution in [0.4, 0.5) is 0 Å². The Bertz CT molecular complexity index is 383. The molecule has 2 N–H and O–H groups in total. The van der Waals surface area contributed by atoms with Gasteiger partial charge in [0.1, 0.15) is 0 Å². The summed E-state index contributed by atoms with van der Waals surface area (Å²) in [5.74, 6) is -0.804. The molecule has 2 amide bonds. The second-order valence-corrected chi connectivity index (χ2v) is 8.22. The Morgan fingerprint density at radius 3 is 1.27 bits per heavy atom. The van der Waals surface area contributed by atoms with E-state index < -0.39 is 34.7 Å². The summed E-state index contributed by atoms with van der Waals surface area (Å²) in [4.78, 5) is 24.6. The summed E-state index contributed by atoms with van der Waals surface area (Å²) in [5, 5.41) is 22.1.